The van der Waals surface area contributed by atoms with Crippen molar-refractivity contribution in [3.05, 3.63) is 56.7 Å². The molecule has 1 N–H and O–H groups in total. The smallest absolute Gasteiger partial charge is 0.256 e. The van der Waals surface area contributed by atoms with E-state index >= 15 is 0 Å². The van der Waals surface area contributed by atoms with E-state index in [1.807, 2.05) is 19.1 Å². The summed E-state index contributed by atoms with van der Waals surface area (Å²) in [5.41, 5.74) is 9.41. The molecule has 2 aliphatic carbocycles. The van der Waals surface area contributed by atoms with Crippen LogP contribution in [0.15, 0.2) is 40.5 Å². The summed E-state index contributed by atoms with van der Waals surface area (Å²) < 4.78 is 0. The van der Waals surface area contributed by atoms with Crippen LogP contribution in [0.3, 0.4) is 0 Å². The minimum absolute atomic E-state index is 0.0180. The fourth-order valence-corrected chi connectivity index (χ4v) is 4.35. The van der Waals surface area contributed by atoms with E-state index in [-0.39, 0.29) is 5.91 Å². The molecule has 1 aromatic carbocycles. The largest absolute Gasteiger partial charge is 0.321 e. The Labute approximate surface area is 141 Å². The summed E-state index contributed by atoms with van der Waals surface area (Å²) in [7, 11) is 0. The highest BCUT2D eigenvalue weighted by atomic mass is 35.5. The van der Waals surface area contributed by atoms with Crippen molar-refractivity contribution in [2.45, 2.75) is 46.0 Å². The number of halogens is 1. The number of carbonyl (C=O) groups is 1. The van der Waals surface area contributed by atoms with Crippen molar-refractivity contribution in [3.8, 4) is 0 Å². The van der Waals surface area contributed by atoms with Gasteiger partial charge in [-0.25, -0.2) is 0 Å². The van der Waals surface area contributed by atoms with E-state index in [4.69, 9.17) is 11.6 Å². The van der Waals surface area contributed by atoms with Crippen molar-refractivity contribution in [1.82, 2.24) is 0 Å². The minimum Gasteiger partial charge on any atom is -0.321 e. The molecule has 0 aromatic heterocycles. The Morgan fingerprint density at radius 3 is 2.74 bits per heavy atom. The third kappa shape index (κ3) is 2.36. The maximum Gasteiger partial charge on any atom is 0.256 e. The van der Waals surface area contributed by atoms with E-state index in [1.54, 1.807) is 11.1 Å². The van der Waals surface area contributed by atoms with Gasteiger partial charge in [0.25, 0.3) is 5.91 Å². The molecule has 3 heteroatoms. The maximum absolute atomic E-state index is 12.4. The standard InChI is InChI=1S/C20H20ClNO/c1-11-7-15(21)10-17-18(20(23)22-19(11)17)9-14-8-13-5-3-4-6-16(13)12(14)2/h7,9-10H,3-6,8H2,1-2H3,(H,22,23). The highest BCUT2D eigenvalue weighted by Crippen LogP contribution is 2.43. The van der Waals surface area contributed by atoms with Crippen LogP contribution in [0, 0.1) is 6.92 Å². The van der Waals surface area contributed by atoms with Crippen molar-refractivity contribution in [1.29, 1.82) is 0 Å². The first-order chi connectivity index (χ1) is 11.0. The normalized spacial score (nSPS) is 21.9. The fourth-order valence-electron chi connectivity index (χ4n) is 4.07. The van der Waals surface area contributed by atoms with Gasteiger partial charge in [-0.15, -0.1) is 0 Å². The Balaban J connectivity index is 1.77. The van der Waals surface area contributed by atoms with E-state index in [9.17, 15) is 4.79 Å². The fraction of sp³-hybridized carbons (Fsp3) is 0.350. The molecular formula is C20H20ClNO. The second kappa shape index (κ2) is 5.38. The summed E-state index contributed by atoms with van der Waals surface area (Å²) in [4.78, 5) is 12.4. The average Bonchev–Trinajstić information content (AvgIpc) is 3.00. The van der Waals surface area contributed by atoms with E-state index in [0.717, 1.165) is 28.8 Å². The van der Waals surface area contributed by atoms with Crippen LogP contribution in [0.1, 0.15) is 50.2 Å². The van der Waals surface area contributed by atoms with Crippen LogP contribution >= 0.6 is 11.6 Å². The van der Waals surface area contributed by atoms with Gasteiger partial charge in [-0.05, 0) is 86.4 Å². The van der Waals surface area contributed by atoms with E-state index < -0.39 is 0 Å². The minimum atomic E-state index is -0.0180. The van der Waals surface area contributed by atoms with Crippen molar-refractivity contribution < 1.29 is 4.79 Å². The number of aryl methyl sites for hydroxylation is 1. The molecular weight excluding hydrogens is 306 g/mol. The van der Waals surface area contributed by atoms with Crippen LogP contribution in [0.5, 0.6) is 0 Å². The predicted octanol–water partition coefficient (Wildman–Crippen LogP) is 5.57. The summed E-state index contributed by atoms with van der Waals surface area (Å²) >= 11 is 6.20. The zero-order valence-corrected chi connectivity index (χ0v) is 14.3. The molecule has 0 atom stereocenters. The second-order valence-electron chi connectivity index (χ2n) is 6.77. The molecule has 1 heterocycles. The third-order valence-corrected chi connectivity index (χ3v) is 5.53. The van der Waals surface area contributed by atoms with Crippen molar-refractivity contribution in [2.75, 3.05) is 5.32 Å². The number of amides is 1. The number of anilines is 1. The number of hydrogen-bond donors (Lipinski definition) is 1. The molecule has 0 radical (unpaired) electrons. The van der Waals surface area contributed by atoms with Crippen molar-refractivity contribution in [2.24, 2.45) is 0 Å². The van der Waals surface area contributed by atoms with Gasteiger partial charge in [0.05, 0.1) is 5.69 Å². The number of benzene rings is 1. The molecule has 1 aliphatic heterocycles. The molecule has 0 saturated heterocycles. The van der Waals surface area contributed by atoms with Gasteiger partial charge in [0.15, 0.2) is 0 Å². The van der Waals surface area contributed by atoms with Crippen LogP contribution in [0.4, 0.5) is 5.69 Å². The van der Waals surface area contributed by atoms with Gasteiger partial charge < -0.3 is 5.32 Å². The first-order valence-electron chi connectivity index (χ1n) is 8.29. The topological polar surface area (TPSA) is 29.1 Å². The monoisotopic (exact) mass is 325 g/mol. The lowest BCUT2D eigenvalue weighted by atomic mass is 9.91. The summed E-state index contributed by atoms with van der Waals surface area (Å²) in [5, 5.41) is 3.67. The lowest BCUT2D eigenvalue weighted by Gasteiger charge is -2.14. The SMILES string of the molecule is CC1=C(C=C2C(=O)Nc3c(C)cc(Cl)cc32)CC2=C1CCCC2. The molecule has 0 bridgehead atoms. The molecule has 0 fully saturated rings. The zero-order valence-electron chi connectivity index (χ0n) is 13.6. The molecule has 3 aliphatic rings. The van der Waals surface area contributed by atoms with Crippen LogP contribution in [0.25, 0.3) is 5.57 Å². The van der Waals surface area contributed by atoms with Gasteiger partial charge in [0.2, 0.25) is 0 Å². The number of hydrogen-bond acceptors (Lipinski definition) is 1. The number of allylic oxidation sites excluding steroid dienone is 5. The summed E-state index contributed by atoms with van der Waals surface area (Å²) in [6.45, 7) is 4.19. The highest BCUT2D eigenvalue weighted by molar-refractivity contribution is 6.35. The molecule has 118 valence electrons. The average molecular weight is 326 g/mol. The second-order valence-corrected chi connectivity index (χ2v) is 7.21. The van der Waals surface area contributed by atoms with E-state index in [0.29, 0.717) is 5.02 Å². The molecule has 23 heavy (non-hydrogen) atoms. The quantitative estimate of drug-likeness (QED) is 0.671. The van der Waals surface area contributed by atoms with Crippen LogP contribution in [0.2, 0.25) is 5.02 Å². The number of fused-ring (bicyclic) bond motifs is 1. The summed E-state index contributed by atoms with van der Waals surface area (Å²) in [6, 6.07) is 3.79. The number of rotatable bonds is 1. The molecule has 0 saturated carbocycles. The van der Waals surface area contributed by atoms with Gasteiger partial charge in [-0.1, -0.05) is 17.2 Å². The highest BCUT2D eigenvalue weighted by Gasteiger charge is 2.28. The number of nitrogens with one attached hydrogen (secondary N) is 1. The summed E-state index contributed by atoms with van der Waals surface area (Å²) in [5.74, 6) is -0.0180. The van der Waals surface area contributed by atoms with E-state index in [1.165, 1.54) is 36.8 Å². The van der Waals surface area contributed by atoms with Gasteiger partial charge in [-0.2, -0.15) is 0 Å². The van der Waals surface area contributed by atoms with Gasteiger partial charge in [-0.3, -0.25) is 4.79 Å². The van der Waals surface area contributed by atoms with E-state index in [2.05, 4.69) is 18.3 Å². The molecule has 0 spiro atoms. The predicted molar refractivity (Wildman–Crippen MR) is 95.6 cm³/mol. The maximum atomic E-state index is 12.4. The summed E-state index contributed by atoms with van der Waals surface area (Å²) in [6.07, 6.45) is 8.10. The lowest BCUT2D eigenvalue weighted by molar-refractivity contribution is -0.110. The first kappa shape index (κ1) is 14.8. The van der Waals surface area contributed by atoms with Crippen LogP contribution in [-0.2, 0) is 4.79 Å². The lowest BCUT2D eigenvalue weighted by Crippen LogP contribution is -2.04. The van der Waals surface area contributed by atoms with Crippen LogP contribution in [-0.4, -0.2) is 5.91 Å². The van der Waals surface area contributed by atoms with Gasteiger partial charge >= 0.3 is 0 Å². The first-order valence-corrected chi connectivity index (χ1v) is 8.67. The Morgan fingerprint density at radius 1 is 1.17 bits per heavy atom. The molecule has 0 unspecified atom stereocenters. The number of carbonyl (C=O) groups excluding carboxylic acids is 1. The molecule has 4 rings (SSSR count). The Bertz CT molecular complexity index is 826. The van der Waals surface area contributed by atoms with Gasteiger partial charge in [0.1, 0.15) is 0 Å². The van der Waals surface area contributed by atoms with Crippen molar-refractivity contribution >= 4 is 28.8 Å². The Morgan fingerprint density at radius 2 is 1.96 bits per heavy atom. The van der Waals surface area contributed by atoms with Gasteiger partial charge in [0, 0.05) is 16.2 Å². The zero-order chi connectivity index (χ0) is 16.1. The molecule has 2 nitrogen and oxygen atoms in total. The Hall–Kier alpha value is -1.80. The van der Waals surface area contributed by atoms with Crippen LogP contribution < -0.4 is 5.32 Å². The third-order valence-electron chi connectivity index (χ3n) is 5.31. The molecule has 1 amide bonds. The van der Waals surface area contributed by atoms with Crippen molar-refractivity contribution in [3.63, 3.8) is 0 Å². The Kier molecular flexibility index (Phi) is 3.46. The molecule has 1 aromatic rings.